The van der Waals surface area contributed by atoms with E-state index in [4.69, 9.17) is 28.4 Å². The highest BCUT2D eigenvalue weighted by Crippen LogP contribution is 2.56. The topological polar surface area (TPSA) is 72.5 Å². The molecule has 0 spiro atoms. The van der Waals surface area contributed by atoms with Gasteiger partial charge in [-0.3, -0.25) is 4.79 Å². The Kier molecular flexibility index (Phi) is 5.22. The molecule has 7 heteroatoms. The van der Waals surface area contributed by atoms with E-state index in [1.165, 1.54) is 0 Å². The molecule has 1 aromatic rings. The van der Waals surface area contributed by atoms with Crippen LogP contribution < -0.4 is 0 Å². The molecule has 2 saturated heterocycles. The molecular weight excluding hydrogens is 364 g/mol. The molecule has 6 atom stereocenters. The van der Waals surface area contributed by atoms with Crippen LogP contribution in [0, 0.1) is 5.92 Å². The summed E-state index contributed by atoms with van der Waals surface area (Å²) in [4.78, 5) is 12.6. The van der Waals surface area contributed by atoms with Gasteiger partial charge < -0.3 is 28.4 Å². The second-order valence-corrected chi connectivity index (χ2v) is 7.98. The van der Waals surface area contributed by atoms with Crippen molar-refractivity contribution in [2.45, 2.75) is 69.8 Å². The number of benzene rings is 1. The van der Waals surface area contributed by atoms with Crippen LogP contribution in [0.4, 0.5) is 0 Å². The monoisotopic (exact) mass is 392 g/mol. The molecule has 0 amide bonds. The molecule has 3 aliphatic rings. The van der Waals surface area contributed by atoms with E-state index in [1.54, 1.807) is 14.0 Å². The van der Waals surface area contributed by atoms with E-state index in [-0.39, 0.29) is 5.97 Å². The molecule has 2 heterocycles. The number of hydrogen-bond donors (Lipinski definition) is 0. The number of carbonyl (C=O) groups is 1. The van der Waals surface area contributed by atoms with Gasteiger partial charge in [0, 0.05) is 7.11 Å². The molecule has 0 unspecified atom stereocenters. The zero-order chi connectivity index (χ0) is 19.9. The van der Waals surface area contributed by atoms with Crippen LogP contribution in [0.25, 0.3) is 0 Å². The van der Waals surface area contributed by atoms with E-state index in [0.29, 0.717) is 19.6 Å². The minimum Gasteiger partial charge on any atom is -0.466 e. The van der Waals surface area contributed by atoms with Crippen LogP contribution in [0.2, 0.25) is 0 Å². The van der Waals surface area contributed by atoms with E-state index in [0.717, 1.165) is 5.56 Å². The van der Waals surface area contributed by atoms with Crippen molar-refractivity contribution in [2.75, 3.05) is 13.7 Å². The molecule has 0 radical (unpaired) electrons. The lowest BCUT2D eigenvalue weighted by molar-refractivity contribution is -0.293. The highest BCUT2D eigenvalue weighted by molar-refractivity contribution is 5.74. The van der Waals surface area contributed by atoms with Crippen molar-refractivity contribution in [3.8, 4) is 0 Å². The lowest BCUT2D eigenvalue weighted by Gasteiger charge is -2.43. The second kappa shape index (κ2) is 7.39. The molecule has 28 heavy (non-hydrogen) atoms. The molecule has 0 aromatic heterocycles. The third-order valence-corrected chi connectivity index (χ3v) is 5.68. The minimum absolute atomic E-state index is 0.301. The molecule has 4 rings (SSSR count). The van der Waals surface area contributed by atoms with Gasteiger partial charge in [-0.15, -0.1) is 0 Å². The summed E-state index contributed by atoms with van der Waals surface area (Å²) in [6.07, 6.45) is -1.72. The standard InChI is InChI=1S/C21H28O7/c1-5-24-18(22)14-11-21-16(27-20(2,3)28-21)15(14)26-19(23-4)17(21)25-12-13-9-7-6-8-10-13/h6-10,14-17,19H,5,11-12H2,1-4H3/t14-,15+,16-,17-,19-,21-/m0/s1. The Morgan fingerprint density at radius 1 is 1.25 bits per heavy atom. The van der Waals surface area contributed by atoms with Gasteiger partial charge in [-0.1, -0.05) is 30.3 Å². The fourth-order valence-electron chi connectivity index (χ4n) is 4.70. The predicted molar refractivity (Wildman–Crippen MR) is 98.2 cm³/mol. The molecule has 154 valence electrons. The third-order valence-electron chi connectivity index (χ3n) is 5.68. The summed E-state index contributed by atoms with van der Waals surface area (Å²) in [5.74, 6) is -1.59. The van der Waals surface area contributed by atoms with Crippen molar-refractivity contribution in [1.29, 1.82) is 0 Å². The molecule has 2 bridgehead atoms. The maximum Gasteiger partial charge on any atom is 0.311 e. The first-order valence-corrected chi connectivity index (χ1v) is 9.78. The Balaban J connectivity index is 1.64. The Morgan fingerprint density at radius 3 is 2.68 bits per heavy atom. The summed E-state index contributed by atoms with van der Waals surface area (Å²) in [7, 11) is 1.57. The van der Waals surface area contributed by atoms with E-state index >= 15 is 0 Å². The first kappa shape index (κ1) is 19.8. The number of methoxy groups -OCH3 is 1. The van der Waals surface area contributed by atoms with E-state index in [1.807, 2.05) is 44.2 Å². The molecule has 1 aliphatic carbocycles. The van der Waals surface area contributed by atoms with Crippen molar-refractivity contribution < 1.29 is 33.2 Å². The largest absolute Gasteiger partial charge is 0.466 e. The van der Waals surface area contributed by atoms with Crippen molar-refractivity contribution in [3.63, 3.8) is 0 Å². The molecule has 0 N–H and O–H groups in total. The summed E-state index contributed by atoms with van der Waals surface area (Å²) >= 11 is 0. The van der Waals surface area contributed by atoms with Gasteiger partial charge >= 0.3 is 5.97 Å². The van der Waals surface area contributed by atoms with Crippen LogP contribution in [-0.4, -0.2) is 55.7 Å². The Labute approximate surface area is 165 Å². The highest BCUT2D eigenvalue weighted by atomic mass is 16.8. The number of hydrogen-bond acceptors (Lipinski definition) is 7. The second-order valence-electron chi connectivity index (χ2n) is 7.98. The van der Waals surface area contributed by atoms with Crippen molar-refractivity contribution >= 4 is 5.97 Å². The lowest BCUT2D eigenvalue weighted by Crippen LogP contribution is -2.61. The number of esters is 1. The van der Waals surface area contributed by atoms with Gasteiger partial charge in [0.2, 0.25) is 0 Å². The third kappa shape index (κ3) is 3.25. The van der Waals surface area contributed by atoms with Crippen molar-refractivity contribution in [3.05, 3.63) is 35.9 Å². The normalized spacial score (nSPS) is 38.2. The summed E-state index contributed by atoms with van der Waals surface area (Å²) in [6.45, 7) is 6.21. The van der Waals surface area contributed by atoms with Crippen molar-refractivity contribution in [1.82, 2.24) is 0 Å². The highest BCUT2D eigenvalue weighted by Gasteiger charge is 2.73. The van der Waals surface area contributed by atoms with Gasteiger partial charge in [0.05, 0.1) is 19.1 Å². The smallest absolute Gasteiger partial charge is 0.311 e. The van der Waals surface area contributed by atoms with Gasteiger partial charge in [-0.05, 0) is 32.8 Å². The quantitative estimate of drug-likeness (QED) is 0.689. The average Bonchev–Trinajstić information content (AvgIpc) is 3.05. The summed E-state index contributed by atoms with van der Waals surface area (Å²) < 4.78 is 35.9. The van der Waals surface area contributed by atoms with Crippen LogP contribution in [0.1, 0.15) is 32.8 Å². The maximum absolute atomic E-state index is 12.6. The van der Waals surface area contributed by atoms with Gasteiger partial charge in [0.25, 0.3) is 0 Å². The van der Waals surface area contributed by atoms with E-state index in [2.05, 4.69) is 0 Å². The molecule has 1 saturated carbocycles. The first-order chi connectivity index (χ1) is 13.4. The first-order valence-electron chi connectivity index (χ1n) is 9.78. The van der Waals surface area contributed by atoms with Crippen LogP contribution in [0.5, 0.6) is 0 Å². The summed E-state index contributed by atoms with van der Waals surface area (Å²) in [5.41, 5.74) is 0.199. The predicted octanol–water partition coefficient (Wildman–Crippen LogP) is 2.42. The molecular formula is C21H28O7. The van der Waals surface area contributed by atoms with E-state index in [9.17, 15) is 4.79 Å². The fourth-order valence-corrected chi connectivity index (χ4v) is 4.70. The van der Waals surface area contributed by atoms with Crippen LogP contribution in [-0.2, 0) is 39.8 Å². The molecule has 3 fully saturated rings. The van der Waals surface area contributed by atoms with Crippen LogP contribution in [0.15, 0.2) is 30.3 Å². The average molecular weight is 392 g/mol. The maximum atomic E-state index is 12.6. The van der Waals surface area contributed by atoms with Gasteiger partial charge in [0.1, 0.15) is 23.9 Å². The van der Waals surface area contributed by atoms with Crippen LogP contribution in [0.3, 0.4) is 0 Å². The van der Waals surface area contributed by atoms with Gasteiger partial charge in [-0.25, -0.2) is 0 Å². The zero-order valence-corrected chi connectivity index (χ0v) is 16.8. The zero-order valence-electron chi connectivity index (χ0n) is 16.8. The number of rotatable bonds is 6. The van der Waals surface area contributed by atoms with Crippen molar-refractivity contribution in [2.24, 2.45) is 5.92 Å². The summed E-state index contributed by atoms with van der Waals surface area (Å²) in [5, 5.41) is 0. The Bertz CT molecular complexity index is 706. The SMILES string of the molecule is CCOC(=O)[C@H]1C[C@]23OC(C)(C)O[C@H]2[C@@H]1O[C@H](OC)[C@@H]3OCc1ccccc1. The fraction of sp³-hybridized carbons (Fsp3) is 0.667. The molecule has 1 aromatic carbocycles. The lowest BCUT2D eigenvalue weighted by atomic mass is 9.89. The van der Waals surface area contributed by atoms with E-state index < -0.39 is 41.9 Å². The number of ether oxygens (including phenoxy) is 6. The summed E-state index contributed by atoms with van der Waals surface area (Å²) in [6, 6.07) is 9.88. The van der Waals surface area contributed by atoms with Gasteiger partial charge in [-0.2, -0.15) is 0 Å². The van der Waals surface area contributed by atoms with Gasteiger partial charge in [0.15, 0.2) is 12.1 Å². The Morgan fingerprint density at radius 2 is 2.00 bits per heavy atom. The Hall–Kier alpha value is -1.51. The molecule has 2 aliphatic heterocycles. The number of carbonyl (C=O) groups excluding carboxylic acids is 1. The minimum atomic E-state index is -0.834. The van der Waals surface area contributed by atoms with Crippen LogP contribution >= 0.6 is 0 Å². The molecule has 7 nitrogen and oxygen atoms in total.